The van der Waals surface area contributed by atoms with E-state index in [4.69, 9.17) is 17.2 Å². The monoisotopic (exact) mass is 579 g/mol. The summed E-state index contributed by atoms with van der Waals surface area (Å²) in [6.07, 6.45) is 0.420. The summed E-state index contributed by atoms with van der Waals surface area (Å²) in [5, 5.41) is 17.9. The largest absolute Gasteiger partial charge is 0.480 e. The average Bonchev–Trinajstić information content (AvgIpc) is 3.34. The number of carboxylic acid groups (broad SMARTS) is 1. The number of aliphatic carboxylic acids is 1. The van der Waals surface area contributed by atoms with Gasteiger partial charge < -0.3 is 43.2 Å². The Hall–Kier alpha value is -5.24. The van der Waals surface area contributed by atoms with Crippen molar-refractivity contribution in [1.29, 1.82) is 0 Å². The third-order valence-electron chi connectivity index (χ3n) is 6.43. The quantitative estimate of drug-likeness (QED) is 0.106. The Morgan fingerprint density at radius 1 is 0.714 bits per heavy atom. The molecule has 3 rings (SSSR count). The number of nitrogens with two attached hydrogens (primary N) is 3. The number of carbonyl (C=O) groups is 6. The number of aromatic nitrogens is 1. The van der Waals surface area contributed by atoms with Crippen LogP contribution in [0.3, 0.4) is 0 Å². The minimum absolute atomic E-state index is 0.0454. The lowest BCUT2D eigenvalue weighted by Gasteiger charge is -2.25. The van der Waals surface area contributed by atoms with Crippen molar-refractivity contribution in [2.75, 3.05) is 0 Å². The van der Waals surface area contributed by atoms with E-state index in [1.54, 1.807) is 36.5 Å². The smallest absolute Gasteiger partial charge is 0.326 e. The highest BCUT2D eigenvalue weighted by Crippen LogP contribution is 2.19. The Bertz CT molecular complexity index is 1460. The molecule has 0 fully saturated rings. The molecule has 1 aromatic heterocycles. The van der Waals surface area contributed by atoms with Gasteiger partial charge >= 0.3 is 5.97 Å². The lowest BCUT2D eigenvalue weighted by atomic mass is 10.0. The summed E-state index contributed by atoms with van der Waals surface area (Å²) in [7, 11) is 0. The number of H-pyrrole nitrogens is 1. The number of amides is 5. The predicted octanol–water partition coefficient (Wildman–Crippen LogP) is -1.43. The molecule has 42 heavy (non-hydrogen) atoms. The van der Waals surface area contributed by atoms with Crippen molar-refractivity contribution < 1.29 is 33.9 Å². The van der Waals surface area contributed by atoms with Crippen molar-refractivity contribution in [1.82, 2.24) is 20.9 Å². The molecule has 2 aromatic carbocycles. The molecule has 4 atom stereocenters. The second-order valence-electron chi connectivity index (χ2n) is 9.72. The fraction of sp³-hybridized carbons (Fsp3) is 0.286. The summed E-state index contributed by atoms with van der Waals surface area (Å²) >= 11 is 0. The molecule has 0 saturated heterocycles. The maximum absolute atomic E-state index is 13.4. The second kappa shape index (κ2) is 14.4. The molecule has 14 nitrogen and oxygen atoms in total. The summed E-state index contributed by atoms with van der Waals surface area (Å²) in [6, 6.07) is 10.3. The van der Waals surface area contributed by atoms with Gasteiger partial charge in [0.15, 0.2) is 0 Å². The van der Waals surface area contributed by atoms with Crippen LogP contribution >= 0.6 is 0 Å². The Morgan fingerprint density at radius 2 is 1.29 bits per heavy atom. The molecule has 0 spiro atoms. The SMILES string of the molecule is NC(=O)CC(N)C(=O)NC(CC(N)=O)C(=O)NC(Cc1ccccc1)C(=O)NC(Cc1c[nH]c2ccccc12)C(=O)O. The number of fused-ring (bicyclic) bond motifs is 1. The third kappa shape index (κ3) is 8.89. The zero-order chi connectivity index (χ0) is 30.8. The molecule has 5 amide bonds. The highest BCUT2D eigenvalue weighted by atomic mass is 16.4. The molecule has 1 heterocycles. The van der Waals surface area contributed by atoms with Crippen LogP contribution in [-0.4, -0.2) is 69.8 Å². The van der Waals surface area contributed by atoms with E-state index in [1.807, 2.05) is 24.3 Å². The van der Waals surface area contributed by atoms with Crippen LogP contribution in [0, 0.1) is 0 Å². The van der Waals surface area contributed by atoms with E-state index >= 15 is 0 Å². The first kappa shape index (κ1) is 31.3. The van der Waals surface area contributed by atoms with Crippen LogP contribution in [-0.2, 0) is 41.6 Å². The van der Waals surface area contributed by atoms with Crippen LogP contribution in [0.2, 0.25) is 0 Å². The van der Waals surface area contributed by atoms with Gasteiger partial charge in [-0.3, -0.25) is 24.0 Å². The second-order valence-corrected chi connectivity index (χ2v) is 9.72. The molecule has 14 heteroatoms. The number of nitrogens with one attached hydrogen (secondary N) is 4. The maximum Gasteiger partial charge on any atom is 0.326 e. The van der Waals surface area contributed by atoms with Crippen LogP contribution < -0.4 is 33.2 Å². The number of hydrogen-bond donors (Lipinski definition) is 8. The number of hydrogen-bond acceptors (Lipinski definition) is 7. The Morgan fingerprint density at radius 3 is 1.93 bits per heavy atom. The van der Waals surface area contributed by atoms with Gasteiger partial charge in [0.05, 0.1) is 18.9 Å². The molecule has 0 aliphatic rings. The first-order valence-electron chi connectivity index (χ1n) is 13.0. The molecule has 0 bridgehead atoms. The molecule has 11 N–H and O–H groups in total. The number of rotatable bonds is 15. The van der Waals surface area contributed by atoms with Gasteiger partial charge in [0.1, 0.15) is 18.1 Å². The molecule has 4 unspecified atom stereocenters. The molecule has 3 aromatic rings. The minimum atomic E-state index is -1.54. The van der Waals surface area contributed by atoms with Crippen LogP contribution in [0.5, 0.6) is 0 Å². The number of benzene rings is 2. The zero-order valence-electron chi connectivity index (χ0n) is 22.5. The lowest BCUT2D eigenvalue weighted by Crippen LogP contribution is -2.58. The van der Waals surface area contributed by atoms with Gasteiger partial charge in [-0.25, -0.2) is 4.79 Å². The molecule has 0 saturated carbocycles. The van der Waals surface area contributed by atoms with E-state index in [0.717, 1.165) is 10.9 Å². The highest BCUT2D eigenvalue weighted by molar-refractivity contribution is 5.97. The standard InChI is InChI=1S/C28H33N7O7/c29-18(12-23(30)36)25(38)33-21(13-24(31)37)27(40)34-20(10-15-6-2-1-3-7-15)26(39)35-22(28(41)42)11-16-14-32-19-9-5-4-8-17(16)19/h1-9,14,18,20-22,32H,10-13,29H2,(H2,30,36)(H2,31,37)(H,33,38)(H,34,40)(H,35,39)(H,41,42). The third-order valence-corrected chi connectivity index (χ3v) is 6.43. The van der Waals surface area contributed by atoms with Crippen molar-refractivity contribution in [3.05, 3.63) is 71.9 Å². The summed E-state index contributed by atoms with van der Waals surface area (Å²) in [5.41, 5.74) is 18.1. The maximum atomic E-state index is 13.4. The van der Waals surface area contributed by atoms with Crippen LogP contribution in [0.1, 0.15) is 24.0 Å². The van der Waals surface area contributed by atoms with E-state index in [9.17, 15) is 33.9 Å². The fourth-order valence-corrected chi connectivity index (χ4v) is 4.32. The molecular weight excluding hydrogens is 546 g/mol. The summed E-state index contributed by atoms with van der Waals surface area (Å²) in [5.74, 6) is -5.78. The number of para-hydroxylation sites is 1. The number of primary amides is 2. The molecule has 0 aliphatic heterocycles. The van der Waals surface area contributed by atoms with Crippen molar-refractivity contribution in [3.63, 3.8) is 0 Å². The van der Waals surface area contributed by atoms with Gasteiger partial charge in [-0.2, -0.15) is 0 Å². The predicted molar refractivity (Wildman–Crippen MR) is 151 cm³/mol. The van der Waals surface area contributed by atoms with Crippen molar-refractivity contribution >= 4 is 46.4 Å². The van der Waals surface area contributed by atoms with E-state index in [-0.39, 0.29) is 12.8 Å². The van der Waals surface area contributed by atoms with Crippen molar-refractivity contribution in [2.45, 2.75) is 49.9 Å². The van der Waals surface area contributed by atoms with Gasteiger partial charge in [0, 0.05) is 29.9 Å². The zero-order valence-corrected chi connectivity index (χ0v) is 22.5. The van der Waals surface area contributed by atoms with Gasteiger partial charge in [0.2, 0.25) is 29.5 Å². The molecule has 0 radical (unpaired) electrons. The Labute approximate surface area is 240 Å². The van der Waals surface area contributed by atoms with E-state index in [0.29, 0.717) is 11.1 Å². The molecule has 0 aliphatic carbocycles. The first-order valence-corrected chi connectivity index (χ1v) is 13.0. The topological polar surface area (TPSA) is 253 Å². The Balaban J connectivity index is 1.81. The van der Waals surface area contributed by atoms with Gasteiger partial charge in [0.25, 0.3) is 0 Å². The summed E-state index contributed by atoms with van der Waals surface area (Å²) in [6.45, 7) is 0. The minimum Gasteiger partial charge on any atom is -0.480 e. The summed E-state index contributed by atoms with van der Waals surface area (Å²) < 4.78 is 0. The van der Waals surface area contributed by atoms with Crippen LogP contribution in [0.15, 0.2) is 60.8 Å². The van der Waals surface area contributed by atoms with Gasteiger partial charge in [-0.05, 0) is 17.2 Å². The molecule has 222 valence electrons. The normalized spacial score (nSPS) is 13.7. The van der Waals surface area contributed by atoms with Gasteiger partial charge in [-0.15, -0.1) is 0 Å². The van der Waals surface area contributed by atoms with Gasteiger partial charge in [-0.1, -0.05) is 48.5 Å². The number of carboxylic acids is 1. The Kier molecular flexibility index (Phi) is 10.7. The van der Waals surface area contributed by atoms with Crippen LogP contribution in [0.4, 0.5) is 0 Å². The highest BCUT2D eigenvalue weighted by Gasteiger charge is 2.32. The summed E-state index contributed by atoms with van der Waals surface area (Å²) in [4.78, 5) is 77.1. The fourth-order valence-electron chi connectivity index (χ4n) is 4.32. The van der Waals surface area contributed by atoms with Crippen molar-refractivity contribution in [3.8, 4) is 0 Å². The molecular formula is C28H33N7O7. The van der Waals surface area contributed by atoms with Crippen LogP contribution in [0.25, 0.3) is 10.9 Å². The van der Waals surface area contributed by atoms with E-state index in [1.165, 1.54) is 0 Å². The first-order chi connectivity index (χ1) is 19.9. The number of aromatic amines is 1. The lowest BCUT2D eigenvalue weighted by molar-refractivity contribution is -0.142. The van der Waals surface area contributed by atoms with E-state index < -0.39 is 72.5 Å². The van der Waals surface area contributed by atoms with E-state index in [2.05, 4.69) is 20.9 Å². The number of carbonyl (C=O) groups excluding carboxylic acids is 5. The average molecular weight is 580 g/mol. The van der Waals surface area contributed by atoms with Crippen molar-refractivity contribution in [2.24, 2.45) is 17.2 Å².